The minimum Gasteiger partial charge on any atom is -0.492 e. The van der Waals surface area contributed by atoms with Crippen LogP contribution in [0.4, 0.5) is 5.69 Å². The number of benzene rings is 1. The molecule has 0 amide bonds. The highest BCUT2D eigenvalue weighted by atomic mass is 16.5. The molecule has 3 N–H and O–H groups in total. The Hall–Kier alpha value is -1.26. The van der Waals surface area contributed by atoms with E-state index in [0.717, 1.165) is 31.1 Å². The SMILES string of the molecule is CN(C)CCOc1ccc(NC2CCCC2CN)cc1. The van der Waals surface area contributed by atoms with Gasteiger partial charge in [-0.3, -0.25) is 0 Å². The lowest BCUT2D eigenvalue weighted by molar-refractivity contribution is 0.261. The molecule has 0 saturated heterocycles. The van der Waals surface area contributed by atoms with E-state index in [1.54, 1.807) is 0 Å². The molecule has 0 aliphatic heterocycles. The second-order valence-electron chi connectivity index (χ2n) is 5.85. The molecule has 2 unspecified atom stereocenters. The van der Waals surface area contributed by atoms with Gasteiger partial charge in [-0.25, -0.2) is 0 Å². The molecule has 4 nitrogen and oxygen atoms in total. The van der Waals surface area contributed by atoms with Gasteiger partial charge in [-0.2, -0.15) is 0 Å². The number of ether oxygens (including phenoxy) is 1. The van der Waals surface area contributed by atoms with Crippen LogP contribution in [0.2, 0.25) is 0 Å². The normalized spacial score (nSPS) is 22.2. The number of rotatable bonds is 7. The van der Waals surface area contributed by atoms with Crippen molar-refractivity contribution in [1.82, 2.24) is 4.90 Å². The summed E-state index contributed by atoms with van der Waals surface area (Å²) in [6.07, 6.45) is 3.76. The summed E-state index contributed by atoms with van der Waals surface area (Å²) in [4.78, 5) is 2.11. The fourth-order valence-corrected chi connectivity index (χ4v) is 2.72. The fraction of sp³-hybridized carbons (Fsp3) is 0.625. The van der Waals surface area contributed by atoms with E-state index in [4.69, 9.17) is 10.5 Å². The van der Waals surface area contributed by atoms with Gasteiger partial charge in [0.1, 0.15) is 12.4 Å². The first-order valence-electron chi connectivity index (χ1n) is 7.53. The van der Waals surface area contributed by atoms with Crippen molar-refractivity contribution >= 4 is 5.69 Å². The molecule has 1 aliphatic rings. The van der Waals surface area contributed by atoms with Gasteiger partial charge in [0.25, 0.3) is 0 Å². The number of nitrogens with two attached hydrogens (primary N) is 1. The highest BCUT2D eigenvalue weighted by Gasteiger charge is 2.25. The molecular formula is C16H27N3O. The molecule has 0 bridgehead atoms. The molecule has 2 atom stereocenters. The van der Waals surface area contributed by atoms with Gasteiger partial charge < -0.3 is 20.7 Å². The lowest BCUT2D eigenvalue weighted by atomic mass is 10.0. The average Bonchev–Trinajstić information content (AvgIpc) is 2.87. The van der Waals surface area contributed by atoms with Crippen molar-refractivity contribution in [2.24, 2.45) is 11.7 Å². The van der Waals surface area contributed by atoms with E-state index >= 15 is 0 Å². The monoisotopic (exact) mass is 277 g/mol. The maximum absolute atomic E-state index is 5.82. The van der Waals surface area contributed by atoms with Gasteiger partial charge in [0, 0.05) is 18.3 Å². The van der Waals surface area contributed by atoms with E-state index in [1.807, 2.05) is 26.2 Å². The van der Waals surface area contributed by atoms with Gasteiger partial charge in [0.05, 0.1) is 0 Å². The topological polar surface area (TPSA) is 50.5 Å². The Labute approximate surface area is 122 Å². The largest absolute Gasteiger partial charge is 0.492 e. The Morgan fingerprint density at radius 3 is 2.65 bits per heavy atom. The van der Waals surface area contributed by atoms with Crippen LogP contribution >= 0.6 is 0 Å². The first-order chi connectivity index (χ1) is 9.69. The molecule has 20 heavy (non-hydrogen) atoms. The summed E-state index contributed by atoms with van der Waals surface area (Å²) in [5.74, 6) is 1.55. The van der Waals surface area contributed by atoms with Crippen molar-refractivity contribution in [2.75, 3.05) is 39.1 Å². The van der Waals surface area contributed by atoms with Crippen molar-refractivity contribution in [2.45, 2.75) is 25.3 Å². The van der Waals surface area contributed by atoms with Crippen LogP contribution in [0.25, 0.3) is 0 Å². The first kappa shape index (κ1) is 15.1. The predicted molar refractivity (Wildman–Crippen MR) is 84.3 cm³/mol. The second kappa shape index (κ2) is 7.50. The Morgan fingerprint density at radius 2 is 2.00 bits per heavy atom. The first-order valence-corrected chi connectivity index (χ1v) is 7.53. The number of likely N-dealkylation sites (N-methyl/N-ethyl adjacent to an activating group) is 1. The van der Waals surface area contributed by atoms with E-state index in [2.05, 4.69) is 22.3 Å². The van der Waals surface area contributed by atoms with Gasteiger partial charge in [-0.15, -0.1) is 0 Å². The maximum Gasteiger partial charge on any atom is 0.119 e. The quantitative estimate of drug-likeness (QED) is 0.802. The van der Waals surface area contributed by atoms with Crippen LogP contribution in [-0.4, -0.2) is 44.7 Å². The van der Waals surface area contributed by atoms with E-state index in [1.165, 1.54) is 19.3 Å². The Balaban J connectivity index is 1.82. The summed E-state index contributed by atoms with van der Waals surface area (Å²) >= 11 is 0. The van der Waals surface area contributed by atoms with E-state index in [0.29, 0.717) is 12.0 Å². The van der Waals surface area contributed by atoms with Crippen molar-refractivity contribution < 1.29 is 4.74 Å². The third-order valence-electron chi connectivity index (χ3n) is 3.98. The number of nitrogens with zero attached hydrogens (tertiary/aromatic N) is 1. The third kappa shape index (κ3) is 4.39. The van der Waals surface area contributed by atoms with Gasteiger partial charge in [-0.05, 0) is 63.7 Å². The zero-order valence-corrected chi connectivity index (χ0v) is 12.6. The zero-order valence-electron chi connectivity index (χ0n) is 12.6. The summed E-state index contributed by atoms with van der Waals surface area (Å²) in [5, 5.41) is 3.60. The second-order valence-corrected chi connectivity index (χ2v) is 5.85. The van der Waals surface area contributed by atoms with E-state index in [9.17, 15) is 0 Å². The molecule has 1 aliphatic carbocycles. The van der Waals surface area contributed by atoms with Crippen LogP contribution in [-0.2, 0) is 0 Å². The van der Waals surface area contributed by atoms with Crippen molar-refractivity contribution in [3.63, 3.8) is 0 Å². The molecule has 2 rings (SSSR count). The molecule has 0 radical (unpaired) electrons. The third-order valence-corrected chi connectivity index (χ3v) is 3.98. The van der Waals surface area contributed by atoms with Gasteiger partial charge in [-0.1, -0.05) is 6.42 Å². The van der Waals surface area contributed by atoms with Gasteiger partial charge >= 0.3 is 0 Å². The van der Waals surface area contributed by atoms with Crippen molar-refractivity contribution in [3.8, 4) is 5.75 Å². The molecular weight excluding hydrogens is 250 g/mol. The molecule has 4 heteroatoms. The molecule has 0 spiro atoms. The number of hydrogen-bond donors (Lipinski definition) is 2. The Kier molecular flexibility index (Phi) is 5.68. The molecule has 1 saturated carbocycles. The van der Waals surface area contributed by atoms with Crippen LogP contribution in [0, 0.1) is 5.92 Å². The summed E-state index contributed by atoms with van der Waals surface area (Å²) in [5.41, 5.74) is 6.98. The minimum absolute atomic E-state index is 0.528. The van der Waals surface area contributed by atoms with Crippen molar-refractivity contribution in [1.29, 1.82) is 0 Å². The Bertz CT molecular complexity index is 391. The molecule has 112 valence electrons. The molecule has 1 fully saturated rings. The average molecular weight is 277 g/mol. The molecule has 0 aromatic heterocycles. The smallest absolute Gasteiger partial charge is 0.119 e. The van der Waals surface area contributed by atoms with Crippen LogP contribution in [0.15, 0.2) is 24.3 Å². The van der Waals surface area contributed by atoms with Crippen LogP contribution in [0.3, 0.4) is 0 Å². The van der Waals surface area contributed by atoms with Crippen LogP contribution < -0.4 is 15.8 Å². The fourth-order valence-electron chi connectivity index (χ4n) is 2.72. The van der Waals surface area contributed by atoms with Crippen LogP contribution in [0.1, 0.15) is 19.3 Å². The highest BCUT2D eigenvalue weighted by molar-refractivity contribution is 5.47. The summed E-state index contributed by atoms with van der Waals surface area (Å²) in [6.45, 7) is 2.43. The summed E-state index contributed by atoms with van der Waals surface area (Å²) < 4.78 is 5.69. The summed E-state index contributed by atoms with van der Waals surface area (Å²) in [7, 11) is 4.09. The molecule has 0 heterocycles. The zero-order chi connectivity index (χ0) is 14.4. The lowest BCUT2D eigenvalue weighted by Gasteiger charge is -2.21. The van der Waals surface area contributed by atoms with Gasteiger partial charge in [0.2, 0.25) is 0 Å². The molecule has 1 aromatic rings. The van der Waals surface area contributed by atoms with Gasteiger partial charge in [0.15, 0.2) is 0 Å². The summed E-state index contributed by atoms with van der Waals surface area (Å²) in [6, 6.07) is 8.78. The lowest BCUT2D eigenvalue weighted by Crippen LogP contribution is -2.29. The molecule has 1 aromatic carbocycles. The predicted octanol–water partition coefficient (Wildman–Crippen LogP) is 2.17. The number of hydrogen-bond acceptors (Lipinski definition) is 4. The standard InChI is InChI=1S/C16H27N3O/c1-19(2)10-11-20-15-8-6-14(7-9-15)18-16-5-3-4-13(16)12-17/h6-9,13,16,18H,3-5,10-12,17H2,1-2H3. The van der Waals surface area contributed by atoms with Crippen LogP contribution in [0.5, 0.6) is 5.75 Å². The van der Waals surface area contributed by atoms with E-state index in [-0.39, 0.29) is 0 Å². The number of anilines is 1. The van der Waals surface area contributed by atoms with Crippen molar-refractivity contribution in [3.05, 3.63) is 24.3 Å². The number of nitrogens with one attached hydrogen (secondary N) is 1. The van der Waals surface area contributed by atoms with E-state index < -0.39 is 0 Å². The highest BCUT2D eigenvalue weighted by Crippen LogP contribution is 2.28. The minimum atomic E-state index is 0.528. The maximum atomic E-state index is 5.82. The Morgan fingerprint density at radius 1 is 1.25 bits per heavy atom.